The van der Waals surface area contributed by atoms with Gasteiger partial charge in [0.25, 0.3) is 15.9 Å². The minimum atomic E-state index is -3.74. The van der Waals surface area contributed by atoms with Crippen molar-refractivity contribution in [3.05, 3.63) is 78.5 Å². The van der Waals surface area contributed by atoms with E-state index >= 15 is 0 Å². The summed E-state index contributed by atoms with van der Waals surface area (Å²) in [5, 5.41) is 2.70. The standard InChI is InChI=1S/C18H17N3O4S/c1-21(26(23,24)17-7-3-2-4-8-17)15-10-14(11-19-12-15)18(22)20-13-16-6-5-9-25-16/h2-12H,13H2,1H3,(H,20,22). The average Bonchev–Trinajstić information content (AvgIpc) is 3.20. The highest BCUT2D eigenvalue weighted by Gasteiger charge is 2.22. The molecule has 1 N–H and O–H groups in total. The molecule has 3 aromatic rings. The van der Waals surface area contributed by atoms with E-state index in [4.69, 9.17) is 4.42 Å². The number of sulfonamides is 1. The van der Waals surface area contributed by atoms with Gasteiger partial charge in [-0.15, -0.1) is 0 Å². The summed E-state index contributed by atoms with van der Waals surface area (Å²) < 4.78 is 31.6. The van der Waals surface area contributed by atoms with Crippen molar-refractivity contribution in [1.82, 2.24) is 10.3 Å². The largest absolute Gasteiger partial charge is 0.467 e. The van der Waals surface area contributed by atoms with E-state index in [1.54, 1.807) is 30.3 Å². The quantitative estimate of drug-likeness (QED) is 0.718. The molecule has 0 atom stereocenters. The fourth-order valence-corrected chi connectivity index (χ4v) is 3.49. The third-order valence-corrected chi connectivity index (χ3v) is 5.55. The number of furan rings is 1. The summed E-state index contributed by atoms with van der Waals surface area (Å²) in [7, 11) is -2.32. The summed E-state index contributed by atoms with van der Waals surface area (Å²) in [5.41, 5.74) is 0.545. The molecule has 134 valence electrons. The number of nitrogens with zero attached hydrogens (tertiary/aromatic N) is 2. The molecule has 0 aliphatic carbocycles. The number of carbonyl (C=O) groups excluding carboxylic acids is 1. The highest BCUT2D eigenvalue weighted by molar-refractivity contribution is 7.92. The van der Waals surface area contributed by atoms with Gasteiger partial charge in [-0.25, -0.2) is 8.42 Å². The second kappa shape index (κ2) is 7.40. The Morgan fingerprint density at radius 3 is 2.62 bits per heavy atom. The molecule has 0 spiro atoms. The zero-order chi connectivity index (χ0) is 18.6. The average molecular weight is 371 g/mol. The molecule has 0 radical (unpaired) electrons. The van der Waals surface area contributed by atoms with Crippen molar-refractivity contribution in [2.24, 2.45) is 0 Å². The van der Waals surface area contributed by atoms with Gasteiger partial charge in [0, 0.05) is 13.2 Å². The lowest BCUT2D eigenvalue weighted by Gasteiger charge is -2.19. The number of aromatic nitrogens is 1. The molecule has 8 heteroatoms. The van der Waals surface area contributed by atoms with Crippen LogP contribution in [-0.2, 0) is 16.6 Å². The van der Waals surface area contributed by atoms with E-state index in [2.05, 4.69) is 10.3 Å². The Morgan fingerprint density at radius 2 is 1.92 bits per heavy atom. The number of benzene rings is 1. The van der Waals surface area contributed by atoms with Gasteiger partial charge in [-0.2, -0.15) is 0 Å². The van der Waals surface area contributed by atoms with Crippen molar-refractivity contribution < 1.29 is 17.6 Å². The van der Waals surface area contributed by atoms with Crippen LogP contribution in [0.15, 0.2) is 76.5 Å². The van der Waals surface area contributed by atoms with E-state index in [1.165, 1.54) is 43.9 Å². The van der Waals surface area contributed by atoms with Gasteiger partial charge in [0.05, 0.1) is 35.2 Å². The van der Waals surface area contributed by atoms with Gasteiger partial charge in [-0.05, 0) is 30.3 Å². The van der Waals surface area contributed by atoms with E-state index in [0.717, 1.165) is 4.31 Å². The van der Waals surface area contributed by atoms with Crippen molar-refractivity contribution in [3.8, 4) is 0 Å². The molecule has 0 saturated heterocycles. The molecule has 0 aliphatic rings. The van der Waals surface area contributed by atoms with E-state index in [0.29, 0.717) is 11.4 Å². The lowest BCUT2D eigenvalue weighted by molar-refractivity contribution is 0.0947. The van der Waals surface area contributed by atoms with Crippen LogP contribution in [0.2, 0.25) is 0 Å². The van der Waals surface area contributed by atoms with Crippen molar-refractivity contribution in [3.63, 3.8) is 0 Å². The third-order valence-electron chi connectivity index (χ3n) is 3.75. The Hall–Kier alpha value is -3.13. The van der Waals surface area contributed by atoms with Crippen molar-refractivity contribution in [2.45, 2.75) is 11.4 Å². The van der Waals surface area contributed by atoms with Crippen LogP contribution in [0.25, 0.3) is 0 Å². The van der Waals surface area contributed by atoms with Crippen molar-refractivity contribution >= 4 is 21.6 Å². The Balaban J connectivity index is 1.79. The molecule has 2 aromatic heterocycles. The monoisotopic (exact) mass is 371 g/mol. The first-order chi connectivity index (χ1) is 12.5. The van der Waals surface area contributed by atoms with Crippen LogP contribution in [0, 0.1) is 0 Å². The number of anilines is 1. The van der Waals surface area contributed by atoms with Crippen LogP contribution in [0.5, 0.6) is 0 Å². The zero-order valence-corrected chi connectivity index (χ0v) is 14.8. The fourth-order valence-electron chi connectivity index (χ4n) is 2.30. The Kier molecular flexibility index (Phi) is 5.04. The highest BCUT2D eigenvalue weighted by atomic mass is 32.2. The van der Waals surface area contributed by atoms with Gasteiger partial charge in [0.15, 0.2) is 0 Å². The molecule has 0 aliphatic heterocycles. The number of nitrogens with one attached hydrogen (secondary N) is 1. The molecule has 1 amide bonds. The smallest absolute Gasteiger partial charge is 0.264 e. The topological polar surface area (TPSA) is 92.5 Å². The van der Waals surface area contributed by atoms with E-state index in [9.17, 15) is 13.2 Å². The lowest BCUT2D eigenvalue weighted by atomic mass is 10.2. The fraction of sp³-hybridized carbons (Fsp3) is 0.111. The number of rotatable bonds is 6. The Bertz CT molecular complexity index is 986. The molecule has 0 saturated carbocycles. The van der Waals surface area contributed by atoms with E-state index in [-0.39, 0.29) is 22.9 Å². The molecule has 7 nitrogen and oxygen atoms in total. The van der Waals surface area contributed by atoms with E-state index < -0.39 is 10.0 Å². The van der Waals surface area contributed by atoms with Gasteiger partial charge in [-0.1, -0.05) is 18.2 Å². The van der Waals surface area contributed by atoms with Gasteiger partial charge < -0.3 is 9.73 Å². The molecular weight excluding hydrogens is 354 g/mol. The van der Waals surface area contributed by atoms with Crippen LogP contribution >= 0.6 is 0 Å². The van der Waals surface area contributed by atoms with Gasteiger partial charge >= 0.3 is 0 Å². The predicted molar refractivity (Wildman–Crippen MR) is 96.1 cm³/mol. The molecule has 0 unspecified atom stereocenters. The van der Waals surface area contributed by atoms with Crippen molar-refractivity contribution in [1.29, 1.82) is 0 Å². The first-order valence-corrected chi connectivity index (χ1v) is 9.22. The lowest BCUT2D eigenvalue weighted by Crippen LogP contribution is -2.27. The van der Waals surface area contributed by atoms with Crippen LogP contribution in [-0.4, -0.2) is 26.4 Å². The molecule has 2 heterocycles. The Labute approximate surface area is 151 Å². The number of hydrogen-bond donors (Lipinski definition) is 1. The summed E-state index contributed by atoms with van der Waals surface area (Å²) in [5.74, 6) is 0.243. The maximum atomic E-state index is 12.7. The summed E-state index contributed by atoms with van der Waals surface area (Å²) >= 11 is 0. The maximum Gasteiger partial charge on any atom is 0.264 e. The minimum absolute atomic E-state index is 0.162. The first kappa shape index (κ1) is 17.7. The third kappa shape index (κ3) is 3.75. The molecule has 3 rings (SSSR count). The van der Waals surface area contributed by atoms with Crippen LogP contribution in [0.3, 0.4) is 0 Å². The van der Waals surface area contributed by atoms with Crippen LogP contribution in [0.1, 0.15) is 16.1 Å². The summed E-state index contributed by atoms with van der Waals surface area (Å²) in [4.78, 5) is 16.4. The minimum Gasteiger partial charge on any atom is -0.467 e. The summed E-state index contributed by atoms with van der Waals surface area (Å²) in [6, 6.07) is 13.0. The van der Waals surface area contributed by atoms with Gasteiger partial charge in [0.1, 0.15) is 5.76 Å². The highest BCUT2D eigenvalue weighted by Crippen LogP contribution is 2.21. The molecule has 0 fully saturated rings. The number of amides is 1. The van der Waals surface area contributed by atoms with E-state index in [1.807, 2.05) is 0 Å². The van der Waals surface area contributed by atoms with Crippen LogP contribution in [0.4, 0.5) is 5.69 Å². The van der Waals surface area contributed by atoms with Crippen molar-refractivity contribution in [2.75, 3.05) is 11.4 Å². The van der Waals surface area contributed by atoms with Gasteiger partial charge in [-0.3, -0.25) is 14.1 Å². The molecule has 1 aromatic carbocycles. The summed E-state index contributed by atoms with van der Waals surface area (Å²) in [6.07, 6.45) is 4.29. The van der Waals surface area contributed by atoms with Crippen LogP contribution < -0.4 is 9.62 Å². The maximum absolute atomic E-state index is 12.7. The second-order valence-corrected chi connectivity index (χ2v) is 7.45. The summed E-state index contributed by atoms with van der Waals surface area (Å²) in [6.45, 7) is 0.230. The number of pyridine rings is 1. The number of hydrogen-bond acceptors (Lipinski definition) is 5. The predicted octanol–water partition coefficient (Wildman–Crippen LogP) is 2.43. The molecular formula is C18H17N3O4S. The first-order valence-electron chi connectivity index (χ1n) is 7.78. The van der Waals surface area contributed by atoms with Gasteiger partial charge in [0.2, 0.25) is 0 Å². The SMILES string of the molecule is CN(c1cncc(C(=O)NCc2ccco2)c1)S(=O)(=O)c1ccccc1. The molecule has 0 bridgehead atoms. The molecule has 26 heavy (non-hydrogen) atoms. The Morgan fingerprint density at radius 1 is 1.15 bits per heavy atom. The normalized spacial score (nSPS) is 11.1. The second-order valence-electron chi connectivity index (χ2n) is 5.48. The number of carbonyl (C=O) groups is 1. The zero-order valence-electron chi connectivity index (χ0n) is 14.0.